The number of pyridine rings is 1. The summed E-state index contributed by atoms with van der Waals surface area (Å²) >= 11 is 11.6. The van der Waals surface area contributed by atoms with Gasteiger partial charge in [-0.25, -0.2) is 9.37 Å². The Balaban J connectivity index is 1.46. The molecule has 2 heterocycles. The minimum Gasteiger partial charge on any atom is -0.384 e. The fourth-order valence-electron chi connectivity index (χ4n) is 3.35. The van der Waals surface area contributed by atoms with Gasteiger partial charge in [-0.15, -0.1) is 0 Å². The quantitative estimate of drug-likeness (QED) is 0.614. The lowest BCUT2D eigenvalue weighted by Gasteiger charge is -2.38. The van der Waals surface area contributed by atoms with Gasteiger partial charge in [0.25, 0.3) is 0 Å². The Hall–Kier alpha value is -2.64. The maximum Gasteiger partial charge on any atom is 0.173 e. The first-order valence-corrected chi connectivity index (χ1v) is 9.70. The maximum atomic E-state index is 13.0. The van der Waals surface area contributed by atoms with Gasteiger partial charge in [-0.05, 0) is 54.7 Å². The van der Waals surface area contributed by atoms with E-state index in [0.717, 1.165) is 48.5 Å². The number of nitrogen functional groups attached to an aromatic ring is 1. The molecule has 0 radical (unpaired) electrons. The normalized spacial score (nSPS) is 14.4. The van der Waals surface area contributed by atoms with Crippen LogP contribution in [0.3, 0.4) is 0 Å². The van der Waals surface area contributed by atoms with E-state index in [4.69, 9.17) is 29.6 Å². The molecule has 4 rings (SSSR count). The van der Waals surface area contributed by atoms with Gasteiger partial charge in [0.1, 0.15) is 11.6 Å². The molecule has 1 aliphatic rings. The Bertz CT molecular complexity index is 1010. The standard InChI is InChI=1S/C20H19ClFN5S/c21-13-1-6-16-17(11-13)25-19(23)12-18(16)26-7-9-27(10-8-26)20(28)24-15-4-2-14(22)3-5-15/h1-6,11-12H,7-10H2,(H2,23,25)(H,24,28). The Kier molecular flexibility index (Phi) is 5.19. The number of rotatable bonds is 2. The number of nitrogens with one attached hydrogen (secondary N) is 1. The highest BCUT2D eigenvalue weighted by Gasteiger charge is 2.21. The van der Waals surface area contributed by atoms with Crippen molar-refractivity contribution in [1.82, 2.24) is 9.88 Å². The predicted molar refractivity (Wildman–Crippen MR) is 118 cm³/mol. The summed E-state index contributed by atoms with van der Waals surface area (Å²) < 4.78 is 13.0. The zero-order valence-corrected chi connectivity index (χ0v) is 16.6. The molecule has 1 saturated heterocycles. The Morgan fingerprint density at radius 2 is 1.79 bits per heavy atom. The number of aromatic nitrogens is 1. The van der Waals surface area contributed by atoms with Crippen LogP contribution >= 0.6 is 23.8 Å². The zero-order chi connectivity index (χ0) is 19.7. The Labute approximate surface area is 172 Å². The molecule has 3 aromatic rings. The third kappa shape index (κ3) is 3.95. The first-order valence-electron chi connectivity index (χ1n) is 8.92. The molecule has 28 heavy (non-hydrogen) atoms. The van der Waals surface area contributed by atoms with Crippen molar-refractivity contribution < 1.29 is 4.39 Å². The molecule has 5 nitrogen and oxygen atoms in total. The van der Waals surface area contributed by atoms with E-state index in [1.54, 1.807) is 12.1 Å². The molecule has 0 atom stereocenters. The maximum absolute atomic E-state index is 13.0. The Morgan fingerprint density at radius 1 is 1.07 bits per heavy atom. The summed E-state index contributed by atoms with van der Waals surface area (Å²) in [4.78, 5) is 8.78. The van der Waals surface area contributed by atoms with Crippen LogP contribution in [0.15, 0.2) is 48.5 Å². The summed E-state index contributed by atoms with van der Waals surface area (Å²) in [5, 5.41) is 5.47. The highest BCUT2D eigenvalue weighted by atomic mass is 35.5. The predicted octanol–water partition coefficient (Wildman–Crippen LogP) is 4.13. The molecular formula is C20H19ClFN5S. The molecule has 8 heteroatoms. The van der Waals surface area contributed by atoms with E-state index in [0.29, 0.717) is 16.0 Å². The molecule has 1 aliphatic heterocycles. The second kappa shape index (κ2) is 7.77. The average molecular weight is 416 g/mol. The number of halogens is 2. The van der Waals surface area contributed by atoms with E-state index in [1.807, 2.05) is 24.3 Å². The molecule has 0 saturated carbocycles. The van der Waals surface area contributed by atoms with Crippen LogP contribution in [-0.4, -0.2) is 41.2 Å². The van der Waals surface area contributed by atoms with Gasteiger partial charge in [0, 0.05) is 54.0 Å². The lowest BCUT2D eigenvalue weighted by Crippen LogP contribution is -2.50. The third-order valence-electron chi connectivity index (χ3n) is 4.77. The molecule has 1 aromatic heterocycles. The van der Waals surface area contributed by atoms with E-state index in [-0.39, 0.29) is 5.82 Å². The fourth-order valence-corrected chi connectivity index (χ4v) is 3.82. The first-order chi connectivity index (χ1) is 13.5. The second-order valence-corrected chi connectivity index (χ2v) is 7.46. The van der Waals surface area contributed by atoms with Gasteiger partial charge >= 0.3 is 0 Å². The van der Waals surface area contributed by atoms with Gasteiger partial charge < -0.3 is 20.9 Å². The summed E-state index contributed by atoms with van der Waals surface area (Å²) in [6, 6.07) is 13.7. The van der Waals surface area contributed by atoms with Crippen molar-refractivity contribution in [2.75, 3.05) is 42.1 Å². The monoisotopic (exact) mass is 415 g/mol. The number of anilines is 3. The number of nitrogens with zero attached hydrogens (tertiary/aromatic N) is 3. The molecule has 0 amide bonds. The first kappa shape index (κ1) is 18.7. The summed E-state index contributed by atoms with van der Waals surface area (Å²) in [7, 11) is 0. The van der Waals surface area contributed by atoms with E-state index in [2.05, 4.69) is 20.1 Å². The van der Waals surface area contributed by atoms with Crippen molar-refractivity contribution >= 4 is 57.0 Å². The summed E-state index contributed by atoms with van der Waals surface area (Å²) in [6.45, 7) is 3.13. The second-order valence-electron chi connectivity index (χ2n) is 6.64. The average Bonchev–Trinajstić information content (AvgIpc) is 2.69. The number of hydrogen-bond acceptors (Lipinski definition) is 4. The van der Waals surface area contributed by atoms with Gasteiger partial charge in [0.05, 0.1) is 5.52 Å². The minimum atomic E-state index is -0.268. The van der Waals surface area contributed by atoms with E-state index < -0.39 is 0 Å². The molecule has 0 aliphatic carbocycles. The highest BCUT2D eigenvalue weighted by molar-refractivity contribution is 7.80. The summed E-state index contributed by atoms with van der Waals surface area (Å²) in [5.41, 5.74) is 8.62. The van der Waals surface area contributed by atoms with Crippen molar-refractivity contribution in [3.05, 3.63) is 59.4 Å². The van der Waals surface area contributed by atoms with Crippen LogP contribution in [0.4, 0.5) is 21.6 Å². The van der Waals surface area contributed by atoms with Gasteiger partial charge in [-0.1, -0.05) is 11.6 Å². The molecular weight excluding hydrogens is 397 g/mol. The molecule has 144 valence electrons. The van der Waals surface area contributed by atoms with Crippen molar-refractivity contribution in [2.24, 2.45) is 0 Å². The van der Waals surface area contributed by atoms with Gasteiger partial charge in [-0.2, -0.15) is 0 Å². The highest BCUT2D eigenvalue weighted by Crippen LogP contribution is 2.30. The zero-order valence-electron chi connectivity index (χ0n) is 15.0. The topological polar surface area (TPSA) is 57.4 Å². The molecule has 0 unspecified atom stereocenters. The third-order valence-corrected chi connectivity index (χ3v) is 5.37. The fraction of sp³-hybridized carbons (Fsp3) is 0.200. The van der Waals surface area contributed by atoms with Crippen LogP contribution in [0.1, 0.15) is 0 Å². The number of fused-ring (bicyclic) bond motifs is 1. The van der Waals surface area contributed by atoms with Gasteiger partial charge in [-0.3, -0.25) is 0 Å². The number of benzene rings is 2. The van der Waals surface area contributed by atoms with Crippen LogP contribution in [-0.2, 0) is 0 Å². The Morgan fingerprint density at radius 3 is 2.50 bits per heavy atom. The van der Waals surface area contributed by atoms with Crippen LogP contribution < -0.4 is 16.0 Å². The van der Waals surface area contributed by atoms with Crippen LogP contribution in [0.5, 0.6) is 0 Å². The smallest absolute Gasteiger partial charge is 0.173 e. The lowest BCUT2D eigenvalue weighted by molar-refractivity contribution is 0.391. The van der Waals surface area contributed by atoms with Gasteiger partial charge in [0.2, 0.25) is 0 Å². The van der Waals surface area contributed by atoms with Crippen molar-refractivity contribution in [2.45, 2.75) is 0 Å². The van der Waals surface area contributed by atoms with Crippen molar-refractivity contribution in [1.29, 1.82) is 0 Å². The van der Waals surface area contributed by atoms with Crippen molar-refractivity contribution in [3.8, 4) is 0 Å². The molecule has 3 N–H and O–H groups in total. The van der Waals surface area contributed by atoms with Gasteiger partial charge in [0.15, 0.2) is 5.11 Å². The summed E-state index contributed by atoms with van der Waals surface area (Å²) in [6.07, 6.45) is 0. The molecule has 2 aromatic carbocycles. The van der Waals surface area contributed by atoms with E-state index >= 15 is 0 Å². The van der Waals surface area contributed by atoms with E-state index in [9.17, 15) is 4.39 Å². The minimum absolute atomic E-state index is 0.268. The number of piperazine rings is 1. The van der Waals surface area contributed by atoms with E-state index in [1.165, 1.54) is 12.1 Å². The largest absolute Gasteiger partial charge is 0.384 e. The van der Waals surface area contributed by atoms with Crippen LogP contribution in [0.25, 0.3) is 10.9 Å². The number of thiocarbonyl (C=S) groups is 1. The molecule has 1 fully saturated rings. The van der Waals surface area contributed by atoms with Crippen LogP contribution in [0.2, 0.25) is 5.02 Å². The number of hydrogen-bond donors (Lipinski definition) is 2. The lowest BCUT2D eigenvalue weighted by atomic mass is 10.1. The molecule has 0 bridgehead atoms. The molecule has 0 spiro atoms. The van der Waals surface area contributed by atoms with Crippen molar-refractivity contribution in [3.63, 3.8) is 0 Å². The summed E-state index contributed by atoms with van der Waals surface area (Å²) in [5.74, 6) is 0.205. The number of nitrogens with two attached hydrogens (primary N) is 1. The van der Waals surface area contributed by atoms with Crippen LogP contribution in [0, 0.1) is 5.82 Å². The SMILES string of the molecule is Nc1cc(N2CCN(C(=S)Nc3ccc(F)cc3)CC2)c2ccc(Cl)cc2n1.